The van der Waals surface area contributed by atoms with Crippen LogP contribution in [0.2, 0.25) is 0 Å². The largest absolute Gasteiger partial charge is 0.394 e. The third-order valence-electron chi connectivity index (χ3n) is 3.27. The third kappa shape index (κ3) is 2.72. The number of hydrazine groups is 1. The Morgan fingerprint density at radius 1 is 1.29 bits per heavy atom. The average Bonchev–Trinajstić information content (AvgIpc) is 2.59. The highest BCUT2D eigenvalue weighted by molar-refractivity contribution is 5.64. The maximum absolute atomic E-state index is 6.13. The van der Waals surface area contributed by atoms with Gasteiger partial charge in [0.1, 0.15) is 0 Å². The van der Waals surface area contributed by atoms with Crippen LogP contribution in [-0.2, 0) is 13.5 Å². The Hall–Kier alpha value is -1.23. The first kappa shape index (κ1) is 12.2. The van der Waals surface area contributed by atoms with Crippen molar-refractivity contribution in [1.82, 2.24) is 14.8 Å². The maximum Gasteiger partial charge on any atom is 0.162 e. The normalized spacial score (nSPS) is 17.3. The lowest BCUT2D eigenvalue weighted by molar-refractivity contribution is 0.271. The predicted octanol–water partition coefficient (Wildman–Crippen LogP) is 1.77. The minimum Gasteiger partial charge on any atom is -0.394 e. The van der Waals surface area contributed by atoms with Crippen LogP contribution in [0, 0.1) is 0 Å². The van der Waals surface area contributed by atoms with E-state index in [1.807, 2.05) is 11.7 Å². The molecule has 1 saturated heterocycles. The van der Waals surface area contributed by atoms with E-state index in [2.05, 4.69) is 22.5 Å². The van der Waals surface area contributed by atoms with E-state index in [1.165, 1.54) is 19.3 Å². The molecular weight excluding hydrogens is 214 g/mol. The monoisotopic (exact) mass is 237 g/mol. The van der Waals surface area contributed by atoms with Gasteiger partial charge in [0, 0.05) is 20.1 Å². The molecule has 0 amide bonds. The number of aromatic nitrogens is 2. The summed E-state index contributed by atoms with van der Waals surface area (Å²) >= 11 is 0. The van der Waals surface area contributed by atoms with E-state index < -0.39 is 0 Å². The van der Waals surface area contributed by atoms with Crippen molar-refractivity contribution in [2.75, 3.05) is 24.2 Å². The lowest BCUT2D eigenvalue weighted by Gasteiger charge is -2.27. The van der Waals surface area contributed by atoms with E-state index in [0.717, 1.165) is 43.1 Å². The molecule has 1 aliphatic heterocycles. The molecule has 5 heteroatoms. The number of piperidine rings is 1. The smallest absolute Gasteiger partial charge is 0.162 e. The van der Waals surface area contributed by atoms with Crippen LogP contribution in [0.15, 0.2) is 0 Å². The lowest BCUT2D eigenvalue weighted by Crippen LogP contribution is -2.35. The van der Waals surface area contributed by atoms with Crippen LogP contribution in [0.5, 0.6) is 0 Å². The Bertz CT molecular complexity index is 365. The number of nitrogen functional groups attached to an aromatic ring is 1. The molecule has 1 fully saturated rings. The SMILES string of the molecule is CCCc1nn(C)c(NN2CCCCC2)c1N. The molecule has 0 atom stereocenters. The van der Waals surface area contributed by atoms with Gasteiger partial charge in [0.15, 0.2) is 5.82 Å². The van der Waals surface area contributed by atoms with E-state index in [1.54, 1.807) is 0 Å². The molecule has 2 rings (SSSR count). The highest BCUT2D eigenvalue weighted by Crippen LogP contribution is 2.24. The summed E-state index contributed by atoms with van der Waals surface area (Å²) in [5.74, 6) is 0.940. The summed E-state index contributed by atoms with van der Waals surface area (Å²) in [5.41, 5.74) is 11.4. The molecule has 0 bridgehead atoms. The molecule has 2 heterocycles. The van der Waals surface area contributed by atoms with Crippen molar-refractivity contribution < 1.29 is 0 Å². The topological polar surface area (TPSA) is 59.1 Å². The van der Waals surface area contributed by atoms with Crippen molar-refractivity contribution >= 4 is 11.5 Å². The summed E-state index contributed by atoms with van der Waals surface area (Å²) in [4.78, 5) is 0. The van der Waals surface area contributed by atoms with Crippen molar-refractivity contribution in [2.45, 2.75) is 39.0 Å². The second kappa shape index (κ2) is 5.40. The third-order valence-corrected chi connectivity index (χ3v) is 3.27. The first-order chi connectivity index (χ1) is 8.22. The average molecular weight is 237 g/mol. The second-order valence-corrected chi connectivity index (χ2v) is 4.74. The molecule has 0 aromatic carbocycles. The Kier molecular flexibility index (Phi) is 3.89. The fourth-order valence-electron chi connectivity index (χ4n) is 2.31. The van der Waals surface area contributed by atoms with Gasteiger partial charge >= 0.3 is 0 Å². The van der Waals surface area contributed by atoms with Crippen LogP contribution < -0.4 is 11.2 Å². The maximum atomic E-state index is 6.13. The summed E-state index contributed by atoms with van der Waals surface area (Å²) in [6, 6.07) is 0. The number of nitrogens with zero attached hydrogens (tertiary/aromatic N) is 3. The summed E-state index contributed by atoms with van der Waals surface area (Å²) < 4.78 is 1.86. The zero-order chi connectivity index (χ0) is 12.3. The molecule has 0 radical (unpaired) electrons. The second-order valence-electron chi connectivity index (χ2n) is 4.74. The minimum atomic E-state index is 0.805. The zero-order valence-corrected chi connectivity index (χ0v) is 10.9. The molecule has 1 aromatic heterocycles. The van der Waals surface area contributed by atoms with Gasteiger partial charge in [0.2, 0.25) is 0 Å². The molecule has 0 unspecified atom stereocenters. The Labute approximate surface area is 103 Å². The number of hydrogen-bond donors (Lipinski definition) is 2. The van der Waals surface area contributed by atoms with E-state index in [9.17, 15) is 0 Å². The zero-order valence-electron chi connectivity index (χ0n) is 10.9. The summed E-state index contributed by atoms with van der Waals surface area (Å²) in [6.45, 7) is 4.33. The first-order valence-electron chi connectivity index (χ1n) is 6.55. The Morgan fingerprint density at radius 3 is 2.65 bits per heavy atom. The molecular formula is C12H23N5. The minimum absolute atomic E-state index is 0.805. The molecule has 0 saturated carbocycles. The number of rotatable bonds is 4. The van der Waals surface area contributed by atoms with E-state index in [-0.39, 0.29) is 0 Å². The van der Waals surface area contributed by atoms with Crippen molar-refractivity contribution in [3.05, 3.63) is 5.69 Å². The van der Waals surface area contributed by atoms with Crippen LogP contribution in [0.3, 0.4) is 0 Å². The molecule has 96 valence electrons. The highest BCUT2D eigenvalue weighted by Gasteiger charge is 2.16. The van der Waals surface area contributed by atoms with E-state index >= 15 is 0 Å². The molecule has 0 aliphatic carbocycles. The van der Waals surface area contributed by atoms with Gasteiger partial charge in [-0.3, -0.25) is 0 Å². The van der Waals surface area contributed by atoms with Gasteiger partial charge in [-0.05, 0) is 19.3 Å². The molecule has 3 N–H and O–H groups in total. The van der Waals surface area contributed by atoms with Gasteiger partial charge in [-0.2, -0.15) is 5.10 Å². The molecule has 5 nitrogen and oxygen atoms in total. The predicted molar refractivity (Wildman–Crippen MR) is 70.7 cm³/mol. The van der Waals surface area contributed by atoms with Crippen LogP contribution in [0.4, 0.5) is 11.5 Å². The van der Waals surface area contributed by atoms with E-state index in [4.69, 9.17) is 5.73 Å². The van der Waals surface area contributed by atoms with Gasteiger partial charge in [-0.15, -0.1) is 0 Å². The van der Waals surface area contributed by atoms with Crippen LogP contribution >= 0.6 is 0 Å². The van der Waals surface area contributed by atoms with Crippen LogP contribution in [0.1, 0.15) is 38.3 Å². The van der Waals surface area contributed by atoms with Gasteiger partial charge in [0.05, 0.1) is 11.4 Å². The Balaban J connectivity index is 2.08. The van der Waals surface area contributed by atoms with Crippen LogP contribution in [-0.4, -0.2) is 27.9 Å². The van der Waals surface area contributed by atoms with Crippen molar-refractivity contribution in [3.63, 3.8) is 0 Å². The fourth-order valence-corrected chi connectivity index (χ4v) is 2.31. The number of anilines is 2. The van der Waals surface area contributed by atoms with Crippen molar-refractivity contribution in [2.24, 2.45) is 7.05 Å². The number of hydrogen-bond acceptors (Lipinski definition) is 4. The highest BCUT2D eigenvalue weighted by atomic mass is 15.5. The van der Waals surface area contributed by atoms with E-state index in [0.29, 0.717) is 0 Å². The lowest BCUT2D eigenvalue weighted by atomic mass is 10.2. The quantitative estimate of drug-likeness (QED) is 0.838. The summed E-state index contributed by atoms with van der Waals surface area (Å²) in [7, 11) is 1.95. The summed E-state index contributed by atoms with van der Waals surface area (Å²) in [5, 5.41) is 6.71. The van der Waals surface area contributed by atoms with Gasteiger partial charge < -0.3 is 11.2 Å². The van der Waals surface area contributed by atoms with Gasteiger partial charge in [-0.25, -0.2) is 9.69 Å². The van der Waals surface area contributed by atoms with Gasteiger partial charge in [0.25, 0.3) is 0 Å². The van der Waals surface area contributed by atoms with Crippen molar-refractivity contribution in [1.29, 1.82) is 0 Å². The number of aryl methyl sites for hydroxylation is 2. The first-order valence-corrected chi connectivity index (χ1v) is 6.55. The number of nitrogens with one attached hydrogen (secondary N) is 1. The fraction of sp³-hybridized carbons (Fsp3) is 0.750. The Morgan fingerprint density at radius 2 is 2.00 bits per heavy atom. The van der Waals surface area contributed by atoms with Gasteiger partial charge in [-0.1, -0.05) is 19.8 Å². The molecule has 1 aromatic rings. The van der Waals surface area contributed by atoms with Crippen molar-refractivity contribution in [3.8, 4) is 0 Å². The van der Waals surface area contributed by atoms with Crippen LogP contribution in [0.25, 0.3) is 0 Å². The number of nitrogens with two attached hydrogens (primary N) is 1. The standard InChI is InChI=1S/C12H23N5/c1-3-7-10-11(13)12(16(2)14-10)15-17-8-5-4-6-9-17/h15H,3-9,13H2,1-2H3. The molecule has 17 heavy (non-hydrogen) atoms. The summed E-state index contributed by atoms with van der Waals surface area (Å²) in [6.07, 6.45) is 5.87. The molecule has 0 spiro atoms. The molecule has 1 aliphatic rings.